The first kappa shape index (κ1) is 13.5. The van der Waals surface area contributed by atoms with Crippen LogP contribution < -0.4 is 0 Å². The molecule has 1 aromatic carbocycles. The first-order chi connectivity index (χ1) is 8.52. The van der Waals surface area contributed by atoms with Crippen molar-refractivity contribution in [2.45, 2.75) is 13.3 Å². The fourth-order valence-corrected chi connectivity index (χ4v) is 3.38. The number of aryl methyl sites for hydroxylation is 1. The Labute approximate surface area is 122 Å². The molecule has 0 bridgehead atoms. The maximum Gasteiger partial charge on any atom is 0.356 e. The van der Waals surface area contributed by atoms with Crippen molar-refractivity contribution in [3.05, 3.63) is 38.4 Å². The second-order valence-corrected chi connectivity index (χ2v) is 5.97. The number of hydrogen-bond donors (Lipinski definition) is 1. The number of hydrogen-bond acceptors (Lipinski definition) is 3. The second kappa shape index (κ2) is 5.38. The van der Waals surface area contributed by atoms with E-state index in [0.29, 0.717) is 21.9 Å². The van der Waals surface area contributed by atoms with E-state index in [1.54, 1.807) is 12.1 Å². The highest BCUT2D eigenvalue weighted by Crippen LogP contribution is 2.36. The van der Waals surface area contributed by atoms with E-state index in [2.05, 4.69) is 20.9 Å². The minimum Gasteiger partial charge on any atom is -0.476 e. The highest BCUT2D eigenvalue weighted by atomic mass is 79.9. The summed E-state index contributed by atoms with van der Waals surface area (Å²) in [4.78, 5) is 15.9. The van der Waals surface area contributed by atoms with Crippen molar-refractivity contribution in [1.29, 1.82) is 0 Å². The molecule has 0 spiro atoms. The van der Waals surface area contributed by atoms with Crippen LogP contribution in [0.1, 0.15) is 22.4 Å². The molecular formula is C12H9BrClNO2S. The average molecular weight is 347 g/mol. The van der Waals surface area contributed by atoms with E-state index < -0.39 is 5.97 Å². The molecule has 94 valence electrons. The number of carboxylic acids is 1. The second-order valence-electron chi connectivity index (χ2n) is 3.57. The van der Waals surface area contributed by atoms with Gasteiger partial charge in [0.25, 0.3) is 0 Å². The molecule has 0 amide bonds. The summed E-state index contributed by atoms with van der Waals surface area (Å²) in [5.74, 6) is -1.03. The molecule has 0 fully saturated rings. The van der Waals surface area contributed by atoms with Gasteiger partial charge in [-0.3, -0.25) is 0 Å². The normalized spacial score (nSPS) is 10.6. The summed E-state index contributed by atoms with van der Waals surface area (Å²) in [7, 11) is 0. The number of nitrogens with zero attached hydrogens (tertiary/aromatic N) is 1. The zero-order valence-corrected chi connectivity index (χ0v) is 12.6. The summed E-state index contributed by atoms with van der Waals surface area (Å²) in [5.41, 5.74) is 0.774. The monoisotopic (exact) mass is 345 g/mol. The molecule has 0 atom stereocenters. The topological polar surface area (TPSA) is 50.2 Å². The van der Waals surface area contributed by atoms with Crippen molar-refractivity contribution in [3.63, 3.8) is 0 Å². The van der Waals surface area contributed by atoms with Crippen LogP contribution in [0.3, 0.4) is 0 Å². The van der Waals surface area contributed by atoms with E-state index in [9.17, 15) is 9.90 Å². The van der Waals surface area contributed by atoms with Gasteiger partial charge >= 0.3 is 5.97 Å². The first-order valence-corrected chi connectivity index (χ1v) is 7.20. The van der Waals surface area contributed by atoms with Crippen LogP contribution in [-0.2, 0) is 6.42 Å². The average Bonchev–Trinajstić information content (AvgIpc) is 2.73. The summed E-state index contributed by atoms with van der Waals surface area (Å²) in [5, 5.41) is 10.5. The zero-order chi connectivity index (χ0) is 13.3. The van der Waals surface area contributed by atoms with Crippen LogP contribution in [-0.4, -0.2) is 16.1 Å². The van der Waals surface area contributed by atoms with Crippen molar-refractivity contribution in [2.24, 2.45) is 0 Å². The van der Waals surface area contributed by atoms with E-state index >= 15 is 0 Å². The maximum absolute atomic E-state index is 11.2. The summed E-state index contributed by atoms with van der Waals surface area (Å²) in [6.45, 7) is 1.94. The Hall–Kier alpha value is -0.910. The number of halogens is 2. The number of aromatic carboxylic acids is 1. The van der Waals surface area contributed by atoms with E-state index in [4.69, 9.17) is 11.6 Å². The third-order valence-electron chi connectivity index (χ3n) is 2.35. The van der Waals surface area contributed by atoms with Gasteiger partial charge < -0.3 is 5.11 Å². The van der Waals surface area contributed by atoms with Crippen LogP contribution in [0.5, 0.6) is 0 Å². The number of carbonyl (C=O) groups is 1. The zero-order valence-electron chi connectivity index (χ0n) is 9.41. The van der Waals surface area contributed by atoms with Gasteiger partial charge in [-0.2, -0.15) is 0 Å². The van der Waals surface area contributed by atoms with Crippen LogP contribution in [0, 0.1) is 0 Å². The van der Waals surface area contributed by atoms with Crippen LogP contribution in [0.4, 0.5) is 0 Å². The molecule has 18 heavy (non-hydrogen) atoms. The van der Waals surface area contributed by atoms with Gasteiger partial charge in [-0.15, -0.1) is 11.3 Å². The molecule has 1 N–H and O–H groups in total. The summed E-state index contributed by atoms with van der Waals surface area (Å²) in [6.07, 6.45) is 0.707. The van der Waals surface area contributed by atoms with E-state index in [-0.39, 0.29) is 5.69 Å². The fraction of sp³-hybridized carbons (Fsp3) is 0.167. The van der Waals surface area contributed by atoms with Gasteiger partial charge in [0.15, 0.2) is 5.69 Å². The summed E-state index contributed by atoms with van der Waals surface area (Å²) < 4.78 is 0.855. The number of rotatable bonds is 3. The molecule has 0 saturated carbocycles. The summed E-state index contributed by atoms with van der Waals surface area (Å²) >= 11 is 10.8. The highest BCUT2D eigenvalue weighted by Gasteiger charge is 2.19. The van der Waals surface area contributed by atoms with Gasteiger partial charge in [0, 0.05) is 10.0 Å². The lowest BCUT2D eigenvalue weighted by Gasteiger charge is -2.02. The lowest BCUT2D eigenvalue weighted by atomic mass is 10.1. The maximum atomic E-state index is 11.2. The van der Waals surface area contributed by atoms with Gasteiger partial charge in [-0.25, -0.2) is 9.78 Å². The minimum absolute atomic E-state index is 0.0704. The lowest BCUT2D eigenvalue weighted by Crippen LogP contribution is -1.99. The first-order valence-electron chi connectivity index (χ1n) is 5.21. The molecule has 1 heterocycles. The number of aromatic nitrogens is 1. The molecule has 1 aromatic heterocycles. The Kier molecular flexibility index (Phi) is 4.04. The highest BCUT2D eigenvalue weighted by molar-refractivity contribution is 9.10. The SMILES string of the molecule is CCc1nc(C(=O)O)c(-c2ccc(Br)cc2Cl)s1. The third kappa shape index (κ3) is 2.58. The van der Waals surface area contributed by atoms with Crippen molar-refractivity contribution < 1.29 is 9.90 Å². The fourth-order valence-electron chi connectivity index (χ4n) is 1.52. The number of benzene rings is 1. The molecular weight excluding hydrogens is 338 g/mol. The predicted octanol–water partition coefficient (Wildman–Crippen LogP) is 4.49. The Morgan fingerprint density at radius 1 is 1.56 bits per heavy atom. The molecule has 0 radical (unpaired) electrons. The van der Waals surface area contributed by atoms with Gasteiger partial charge in [-0.05, 0) is 18.6 Å². The molecule has 0 aliphatic carbocycles. The predicted molar refractivity (Wildman–Crippen MR) is 76.6 cm³/mol. The molecule has 6 heteroatoms. The smallest absolute Gasteiger partial charge is 0.356 e. The van der Waals surface area contributed by atoms with Gasteiger partial charge in [0.2, 0.25) is 0 Å². The van der Waals surface area contributed by atoms with E-state index in [1.807, 2.05) is 13.0 Å². The van der Waals surface area contributed by atoms with Gasteiger partial charge in [-0.1, -0.05) is 40.5 Å². The lowest BCUT2D eigenvalue weighted by molar-refractivity contribution is 0.0692. The quantitative estimate of drug-likeness (QED) is 0.891. The Morgan fingerprint density at radius 3 is 2.83 bits per heavy atom. The Bertz CT molecular complexity index is 612. The standard InChI is InChI=1S/C12H9BrClNO2S/c1-2-9-15-10(12(16)17)11(18-9)7-4-3-6(13)5-8(7)14/h3-5H,2H2,1H3,(H,16,17). The van der Waals surface area contributed by atoms with Gasteiger partial charge in [0.05, 0.1) is 14.9 Å². The van der Waals surface area contributed by atoms with Gasteiger partial charge in [0.1, 0.15) is 0 Å². The molecule has 0 aliphatic heterocycles. The molecule has 2 rings (SSSR count). The molecule has 3 nitrogen and oxygen atoms in total. The molecule has 0 saturated heterocycles. The minimum atomic E-state index is -1.03. The van der Waals surface area contributed by atoms with Crippen LogP contribution in [0.25, 0.3) is 10.4 Å². The van der Waals surface area contributed by atoms with E-state index in [0.717, 1.165) is 9.48 Å². The van der Waals surface area contributed by atoms with Crippen LogP contribution in [0.15, 0.2) is 22.7 Å². The molecule has 0 aliphatic rings. The Balaban J connectivity index is 2.62. The molecule has 0 unspecified atom stereocenters. The van der Waals surface area contributed by atoms with Crippen molar-refractivity contribution in [2.75, 3.05) is 0 Å². The van der Waals surface area contributed by atoms with Crippen LogP contribution in [0.2, 0.25) is 5.02 Å². The van der Waals surface area contributed by atoms with Crippen LogP contribution >= 0.6 is 38.9 Å². The number of thiazole rings is 1. The molecule has 2 aromatic rings. The number of carboxylic acid groups (broad SMARTS) is 1. The van der Waals surface area contributed by atoms with Crippen molar-refractivity contribution in [3.8, 4) is 10.4 Å². The third-order valence-corrected chi connectivity index (χ3v) is 4.39. The van der Waals surface area contributed by atoms with Crippen molar-refractivity contribution >= 4 is 44.8 Å². The van der Waals surface area contributed by atoms with E-state index in [1.165, 1.54) is 11.3 Å². The van der Waals surface area contributed by atoms with Crippen molar-refractivity contribution in [1.82, 2.24) is 4.98 Å². The largest absolute Gasteiger partial charge is 0.476 e. The Morgan fingerprint density at radius 2 is 2.28 bits per heavy atom. The summed E-state index contributed by atoms with van der Waals surface area (Å²) in [6, 6.07) is 5.37.